The average Bonchev–Trinajstić information content (AvgIpc) is 2.66. The third-order valence-electron chi connectivity index (χ3n) is 4.70. The van der Waals surface area contributed by atoms with Gasteiger partial charge >= 0.3 is 0 Å². The summed E-state index contributed by atoms with van der Waals surface area (Å²) >= 11 is 0. The maximum Gasteiger partial charge on any atom is 0.238 e. The minimum Gasteiger partial charge on any atom is -0.325 e. The van der Waals surface area contributed by atoms with Crippen molar-refractivity contribution in [2.75, 3.05) is 45.1 Å². The van der Waals surface area contributed by atoms with Crippen molar-refractivity contribution < 1.29 is 4.79 Å². The van der Waals surface area contributed by atoms with E-state index in [1.807, 2.05) is 12.1 Å². The number of likely N-dealkylation sites (N-methyl/N-ethyl adjacent to an activating group) is 1. The van der Waals surface area contributed by atoms with E-state index in [2.05, 4.69) is 62.9 Å². The molecule has 27 heavy (non-hydrogen) atoms. The SMILES string of the molecule is CNCC(=O)Nc1ccc(CN2CCN(Cc3ccccc3)CC2)cc1.Cl. The smallest absolute Gasteiger partial charge is 0.238 e. The van der Waals surface area contributed by atoms with Crippen LogP contribution >= 0.6 is 12.4 Å². The van der Waals surface area contributed by atoms with Gasteiger partial charge in [-0.2, -0.15) is 0 Å². The van der Waals surface area contributed by atoms with Crippen molar-refractivity contribution in [1.29, 1.82) is 0 Å². The normalized spacial score (nSPS) is 15.1. The molecule has 1 fully saturated rings. The molecule has 0 spiro atoms. The molecular formula is C21H29ClN4O. The zero-order valence-electron chi connectivity index (χ0n) is 15.9. The molecule has 1 saturated heterocycles. The van der Waals surface area contributed by atoms with Crippen LogP contribution in [-0.2, 0) is 17.9 Å². The Morgan fingerprint density at radius 2 is 1.37 bits per heavy atom. The van der Waals surface area contributed by atoms with Crippen molar-refractivity contribution in [2.24, 2.45) is 0 Å². The summed E-state index contributed by atoms with van der Waals surface area (Å²) in [6, 6.07) is 18.8. The molecule has 1 aliphatic rings. The zero-order chi connectivity index (χ0) is 18.2. The molecule has 0 saturated carbocycles. The Bertz CT molecular complexity index is 685. The first kappa shape index (κ1) is 21.4. The number of hydrogen-bond donors (Lipinski definition) is 2. The largest absolute Gasteiger partial charge is 0.325 e. The highest BCUT2D eigenvalue weighted by Gasteiger charge is 2.17. The van der Waals surface area contributed by atoms with Gasteiger partial charge in [0.15, 0.2) is 0 Å². The molecule has 0 unspecified atom stereocenters. The van der Waals surface area contributed by atoms with Crippen LogP contribution in [0.4, 0.5) is 5.69 Å². The number of halogens is 1. The van der Waals surface area contributed by atoms with Crippen molar-refractivity contribution in [2.45, 2.75) is 13.1 Å². The standard InChI is InChI=1S/C21H28N4O.ClH/c1-22-15-21(26)23-20-9-7-19(8-10-20)17-25-13-11-24(12-14-25)16-18-5-3-2-4-6-18;/h2-10,22H,11-17H2,1H3,(H,23,26);1H. The van der Waals surface area contributed by atoms with E-state index in [0.717, 1.165) is 45.0 Å². The highest BCUT2D eigenvalue weighted by atomic mass is 35.5. The van der Waals surface area contributed by atoms with Crippen LogP contribution in [0.5, 0.6) is 0 Å². The van der Waals surface area contributed by atoms with Crippen LogP contribution in [-0.4, -0.2) is 55.5 Å². The summed E-state index contributed by atoms with van der Waals surface area (Å²) in [5, 5.41) is 5.73. The van der Waals surface area contributed by atoms with Crippen LogP contribution in [0.1, 0.15) is 11.1 Å². The summed E-state index contributed by atoms with van der Waals surface area (Å²) in [5.74, 6) is -0.0187. The maximum absolute atomic E-state index is 11.6. The van der Waals surface area contributed by atoms with Gasteiger partial charge < -0.3 is 10.6 Å². The molecule has 0 radical (unpaired) electrons. The summed E-state index contributed by atoms with van der Waals surface area (Å²) in [7, 11) is 1.77. The van der Waals surface area contributed by atoms with E-state index in [-0.39, 0.29) is 18.3 Å². The second-order valence-corrected chi connectivity index (χ2v) is 6.81. The van der Waals surface area contributed by atoms with Gasteiger partial charge in [-0.1, -0.05) is 42.5 Å². The second kappa shape index (κ2) is 11.0. The van der Waals surface area contributed by atoms with Gasteiger partial charge in [0.25, 0.3) is 0 Å². The summed E-state index contributed by atoms with van der Waals surface area (Å²) in [4.78, 5) is 16.6. The fraction of sp³-hybridized carbons (Fsp3) is 0.381. The second-order valence-electron chi connectivity index (χ2n) is 6.81. The highest BCUT2D eigenvalue weighted by Crippen LogP contribution is 2.14. The molecule has 2 N–H and O–H groups in total. The van der Waals surface area contributed by atoms with Crippen LogP contribution in [0.3, 0.4) is 0 Å². The van der Waals surface area contributed by atoms with Crippen molar-refractivity contribution >= 4 is 24.0 Å². The van der Waals surface area contributed by atoms with Crippen molar-refractivity contribution in [3.8, 4) is 0 Å². The predicted octanol–water partition coefficient (Wildman–Crippen LogP) is 2.58. The van der Waals surface area contributed by atoms with E-state index in [9.17, 15) is 4.79 Å². The molecule has 2 aromatic carbocycles. The zero-order valence-corrected chi connectivity index (χ0v) is 16.7. The molecule has 1 heterocycles. The Morgan fingerprint density at radius 1 is 0.852 bits per heavy atom. The van der Waals surface area contributed by atoms with E-state index in [1.54, 1.807) is 7.05 Å². The third-order valence-corrected chi connectivity index (χ3v) is 4.70. The number of anilines is 1. The lowest BCUT2D eigenvalue weighted by Crippen LogP contribution is -2.45. The molecule has 1 aliphatic heterocycles. The Kier molecular flexibility index (Phi) is 8.75. The van der Waals surface area contributed by atoms with Crippen molar-refractivity contribution in [3.63, 3.8) is 0 Å². The molecule has 146 valence electrons. The minimum atomic E-state index is -0.0187. The van der Waals surface area contributed by atoms with Gasteiger partial charge in [-0.15, -0.1) is 12.4 Å². The van der Waals surface area contributed by atoms with E-state index in [4.69, 9.17) is 0 Å². The van der Waals surface area contributed by atoms with Gasteiger partial charge in [0.05, 0.1) is 6.54 Å². The molecule has 0 bridgehead atoms. The predicted molar refractivity (Wildman–Crippen MR) is 113 cm³/mol. The first-order chi connectivity index (χ1) is 12.7. The first-order valence-corrected chi connectivity index (χ1v) is 9.25. The summed E-state index contributed by atoms with van der Waals surface area (Å²) < 4.78 is 0. The lowest BCUT2D eigenvalue weighted by atomic mass is 10.1. The Labute approximate surface area is 168 Å². The minimum absolute atomic E-state index is 0. The number of nitrogens with one attached hydrogen (secondary N) is 2. The van der Waals surface area contributed by atoms with E-state index < -0.39 is 0 Å². The number of carbonyl (C=O) groups excluding carboxylic acids is 1. The average molecular weight is 389 g/mol. The molecule has 0 aromatic heterocycles. The molecule has 6 heteroatoms. The third kappa shape index (κ3) is 6.96. The van der Waals surface area contributed by atoms with Crippen LogP contribution in [0.15, 0.2) is 54.6 Å². The first-order valence-electron chi connectivity index (χ1n) is 9.25. The highest BCUT2D eigenvalue weighted by molar-refractivity contribution is 5.92. The Hall–Kier alpha value is -1.92. The number of carbonyl (C=O) groups is 1. The molecule has 5 nitrogen and oxygen atoms in total. The number of piperazine rings is 1. The van der Waals surface area contributed by atoms with Crippen LogP contribution in [0.2, 0.25) is 0 Å². The fourth-order valence-corrected chi connectivity index (χ4v) is 3.26. The molecule has 2 aromatic rings. The summed E-state index contributed by atoms with van der Waals surface area (Å²) in [5.41, 5.74) is 3.52. The van der Waals surface area contributed by atoms with E-state index >= 15 is 0 Å². The monoisotopic (exact) mass is 388 g/mol. The summed E-state index contributed by atoms with van der Waals surface area (Å²) in [6.45, 7) is 6.72. The van der Waals surface area contributed by atoms with Crippen molar-refractivity contribution in [1.82, 2.24) is 15.1 Å². The van der Waals surface area contributed by atoms with E-state index in [0.29, 0.717) is 6.54 Å². The summed E-state index contributed by atoms with van der Waals surface area (Å²) in [6.07, 6.45) is 0. The van der Waals surface area contributed by atoms with Crippen molar-refractivity contribution in [3.05, 3.63) is 65.7 Å². The van der Waals surface area contributed by atoms with Gasteiger partial charge in [-0.05, 0) is 30.3 Å². The molecule has 0 atom stereocenters. The molecule has 3 rings (SSSR count). The van der Waals surface area contributed by atoms with Crippen LogP contribution in [0, 0.1) is 0 Å². The number of benzene rings is 2. The molecular weight excluding hydrogens is 360 g/mol. The van der Waals surface area contributed by atoms with E-state index in [1.165, 1.54) is 11.1 Å². The quantitative estimate of drug-likeness (QED) is 0.765. The van der Waals surface area contributed by atoms with Gasteiger partial charge in [0.2, 0.25) is 5.91 Å². The molecule has 0 aliphatic carbocycles. The van der Waals surface area contributed by atoms with Crippen LogP contribution in [0.25, 0.3) is 0 Å². The van der Waals surface area contributed by atoms with Gasteiger partial charge in [-0.3, -0.25) is 14.6 Å². The Morgan fingerprint density at radius 3 is 1.89 bits per heavy atom. The maximum atomic E-state index is 11.6. The number of rotatable bonds is 7. The lowest BCUT2D eigenvalue weighted by Gasteiger charge is -2.34. The van der Waals surface area contributed by atoms with Gasteiger partial charge in [0.1, 0.15) is 0 Å². The molecule has 1 amide bonds. The lowest BCUT2D eigenvalue weighted by molar-refractivity contribution is -0.115. The topological polar surface area (TPSA) is 47.6 Å². The van der Waals surface area contributed by atoms with Crippen LogP contribution < -0.4 is 10.6 Å². The fourth-order valence-electron chi connectivity index (χ4n) is 3.26. The number of hydrogen-bond acceptors (Lipinski definition) is 4. The number of amides is 1. The Balaban J connectivity index is 0.00000261. The van der Waals surface area contributed by atoms with Gasteiger partial charge in [-0.25, -0.2) is 0 Å². The number of nitrogens with zero attached hydrogens (tertiary/aromatic N) is 2. The van der Waals surface area contributed by atoms with Gasteiger partial charge in [0, 0.05) is 45.0 Å².